The van der Waals surface area contributed by atoms with Crippen molar-refractivity contribution in [2.75, 3.05) is 6.61 Å². The van der Waals surface area contributed by atoms with Crippen molar-refractivity contribution in [2.24, 2.45) is 5.16 Å². The molecule has 0 bridgehead atoms. The zero-order valence-electron chi connectivity index (χ0n) is 26.9. The summed E-state index contributed by atoms with van der Waals surface area (Å²) < 4.78 is 32.9. The predicted octanol–water partition coefficient (Wildman–Crippen LogP) is 7.89. The first-order chi connectivity index (χ1) is 23.8. The first kappa shape index (κ1) is 33.1. The highest BCUT2D eigenvalue weighted by molar-refractivity contribution is 5.82. The Balaban J connectivity index is 1.30. The lowest BCUT2D eigenvalue weighted by Gasteiger charge is -2.42. The van der Waals surface area contributed by atoms with Crippen LogP contribution in [0, 0.1) is 0 Å². The van der Waals surface area contributed by atoms with Gasteiger partial charge in [-0.2, -0.15) is 0 Å². The molecule has 1 heterocycles. The normalized spacial score (nSPS) is 19.9. The Morgan fingerprint density at radius 1 is 0.438 bits per heavy atom. The van der Waals surface area contributed by atoms with Crippen molar-refractivity contribution >= 4 is 5.90 Å². The van der Waals surface area contributed by atoms with Crippen LogP contribution in [0.4, 0.5) is 0 Å². The Hall–Kier alpha value is -4.79. The van der Waals surface area contributed by atoms with Gasteiger partial charge in [-0.25, -0.2) is 0 Å². The SMILES string of the molecule is c1ccc(COC[C@@H]2O/C(=N\OCc3ccccc3)[C@@H](OCc3ccccc3)[C@@H](OCc3ccccc3)[C@@H]2OCc2ccccc2)cc1. The van der Waals surface area contributed by atoms with Gasteiger partial charge in [0.05, 0.1) is 33.0 Å². The maximum atomic E-state index is 6.74. The molecule has 0 amide bonds. The van der Waals surface area contributed by atoms with Crippen LogP contribution in [0.3, 0.4) is 0 Å². The summed E-state index contributed by atoms with van der Waals surface area (Å²) in [5.41, 5.74) is 5.14. The highest BCUT2D eigenvalue weighted by Gasteiger charge is 2.48. The fourth-order valence-electron chi connectivity index (χ4n) is 5.47. The summed E-state index contributed by atoms with van der Waals surface area (Å²) in [5, 5.41) is 4.52. The summed E-state index contributed by atoms with van der Waals surface area (Å²) in [6.45, 7) is 1.96. The van der Waals surface area contributed by atoms with E-state index in [0.717, 1.165) is 27.8 Å². The quantitative estimate of drug-likeness (QED) is 0.102. The Bertz CT molecular complexity index is 1640. The third-order valence-electron chi connectivity index (χ3n) is 7.97. The van der Waals surface area contributed by atoms with Crippen LogP contribution in [0.1, 0.15) is 27.8 Å². The maximum Gasteiger partial charge on any atom is 0.258 e. The molecule has 7 nitrogen and oxygen atoms in total. The van der Waals surface area contributed by atoms with Gasteiger partial charge in [0.15, 0.2) is 12.2 Å². The number of ether oxygens (including phenoxy) is 5. The molecule has 1 aliphatic rings. The number of rotatable bonds is 16. The van der Waals surface area contributed by atoms with E-state index in [1.54, 1.807) is 0 Å². The molecule has 1 fully saturated rings. The van der Waals surface area contributed by atoms with Crippen molar-refractivity contribution in [2.45, 2.75) is 57.5 Å². The van der Waals surface area contributed by atoms with Gasteiger partial charge in [-0.3, -0.25) is 0 Å². The van der Waals surface area contributed by atoms with Crippen LogP contribution in [-0.2, 0) is 61.6 Å². The van der Waals surface area contributed by atoms with Crippen molar-refractivity contribution in [1.82, 2.24) is 0 Å². The summed E-state index contributed by atoms with van der Waals surface area (Å²) in [6.07, 6.45) is -2.45. The van der Waals surface area contributed by atoms with E-state index < -0.39 is 24.4 Å². The molecule has 0 N–H and O–H groups in total. The van der Waals surface area contributed by atoms with Crippen molar-refractivity contribution < 1.29 is 28.5 Å². The van der Waals surface area contributed by atoms with Crippen molar-refractivity contribution in [3.05, 3.63) is 179 Å². The molecule has 0 unspecified atom stereocenters. The van der Waals surface area contributed by atoms with Gasteiger partial charge in [0.1, 0.15) is 18.8 Å². The molecule has 0 saturated carbocycles. The molecule has 1 aliphatic heterocycles. The number of oxime groups is 1. The average molecular weight is 644 g/mol. The molecule has 1 saturated heterocycles. The fraction of sp³-hybridized carbons (Fsp3) is 0.244. The fourth-order valence-corrected chi connectivity index (χ4v) is 5.47. The van der Waals surface area contributed by atoms with Crippen LogP contribution in [0.2, 0.25) is 0 Å². The van der Waals surface area contributed by atoms with Crippen molar-refractivity contribution in [3.8, 4) is 0 Å². The molecule has 0 aliphatic carbocycles. The van der Waals surface area contributed by atoms with Gasteiger partial charge in [-0.1, -0.05) is 152 Å². The van der Waals surface area contributed by atoms with E-state index in [4.69, 9.17) is 28.5 Å². The van der Waals surface area contributed by atoms with E-state index in [-0.39, 0.29) is 19.1 Å². The Kier molecular flexibility index (Phi) is 12.4. The van der Waals surface area contributed by atoms with Gasteiger partial charge in [0.25, 0.3) is 5.90 Å². The second-order valence-corrected chi connectivity index (χ2v) is 11.6. The topological polar surface area (TPSA) is 67.7 Å². The summed E-state index contributed by atoms with van der Waals surface area (Å²) >= 11 is 0. The lowest BCUT2D eigenvalue weighted by Crippen LogP contribution is -2.59. The van der Waals surface area contributed by atoms with Crippen LogP contribution in [-0.4, -0.2) is 36.9 Å². The Morgan fingerprint density at radius 3 is 1.31 bits per heavy atom. The summed E-state index contributed by atoms with van der Waals surface area (Å²) in [7, 11) is 0. The minimum absolute atomic E-state index is 0.239. The monoisotopic (exact) mass is 643 g/mol. The van der Waals surface area contributed by atoms with E-state index in [1.165, 1.54) is 0 Å². The predicted molar refractivity (Wildman–Crippen MR) is 185 cm³/mol. The third kappa shape index (κ3) is 9.86. The molecule has 246 valence electrons. The van der Waals surface area contributed by atoms with Gasteiger partial charge in [0.2, 0.25) is 0 Å². The first-order valence-corrected chi connectivity index (χ1v) is 16.3. The Morgan fingerprint density at radius 2 is 0.833 bits per heavy atom. The van der Waals surface area contributed by atoms with Crippen LogP contribution in [0.25, 0.3) is 0 Å². The first-order valence-electron chi connectivity index (χ1n) is 16.3. The lowest BCUT2D eigenvalue weighted by molar-refractivity contribution is -0.198. The van der Waals surface area contributed by atoms with Crippen molar-refractivity contribution in [3.63, 3.8) is 0 Å². The molecule has 0 spiro atoms. The van der Waals surface area contributed by atoms with Crippen molar-refractivity contribution in [1.29, 1.82) is 0 Å². The van der Waals surface area contributed by atoms with E-state index in [9.17, 15) is 0 Å². The highest BCUT2D eigenvalue weighted by Crippen LogP contribution is 2.29. The highest BCUT2D eigenvalue weighted by atomic mass is 16.7. The summed E-state index contributed by atoms with van der Waals surface area (Å²) in [4.78, 5) is 5.89. The smallest absolute Gasteiger partial charge is 0.258 e. The second-order valence-electron chi connectivity index (χ2n) is 11.6. The zero-order valence-corrected chi connectivity index (χ0v) is 26.9. The molecule has 0 aromatic heterocycles. The van der Waals surface area contributed by atoms with Gasteiger partial charge in [-0.15, -0.1) is 0 Å². The second kappa shape index (κ2) is 17.9. The van der Waals surface area contributed by atoms with E-state index in [1.807, 2.05) is 152 Å². The van der Waals surface area contributed by atoms with Crippen LogP contribution >= 0.6 is 0 Å². The number of nitrogens with zero attached hydrogens (tertiary/aromatic N) is 1. The minimum atomic E-state index is -0.726. The Labute approximate surface area is 282 Å². The van der Waals surface area contributed by atoms with E-state index >= 15 is 0 Å². The van der Waals surface area contributed by atoms with Gasteiger partial charge >= 0.3 is 0 Å². The molecule has 7 heteroatoms. The van der Waals surface area contributed by atoms with E-state index in [0.29, 0.717) is 26.4 Å². The van der Waals surface area contributed by atoms with Gasteiger partial charge in [0, 0.05) is 0 Å². The molecule has 48 heavy (non-hydrogen) atoms. The number of hydrogen-bond acceptors (Lipinski definition) is 7. The van der Waals surface area contributed by atoms with Crippen LogP contribution < -0.4 is 0 Å². The molecular formula is C41H41NO6. The van der Waals surface area contributed by atoms with Gasteiger partial charge < -0.3 is 28.5 Å². The maximum absolute atomic E-state index is 6.74. The lowest BCUT2D eigenvalue weighted by atomic mass is 9.98. The summed E-state index contributed by atoms with van der Waals surface area (Å²) in [6, 6.07) is 50.1. The number of benzene rings is 5. The zero-order chi connectivity index (χ0) is 32.6. The third-order valence-corrected chi connectivity index (χ3v) is 7.97. The standard InChI is InChI=1S/C41H41NO6/c1-6-16-32(17-7-1)26-43-31-37-38(44-27-33-18-8-2-9-19-33)39(45-28-34-20-10-3-11-21-34)40(46-29-35-22-12-4-13-23-35)41(48-37)42-47-30-36-24-14-5-15-25-36/h1-25,37-40H,26-31H2/b42-41-/t37-,38+,39-,40-/m0/s1. The molecule has 6 rings (SSSR count). The van der Waals surface area contributed by atoms with Crippen LogP contribution in [0.5, 0.6) is 0 Å². The molecule has 5 aromatic rings. The van der Waals surface area contributed by atoms with E-state index in [2.05, 4.69) is 5.16 Å². The molecule has 5 aromatic carbocycles. The molecular weight excluding hydrogens is 602 g/mol. The largest absolute Gasteiger partial charge is 0.468 e. The minimum Gasteiger partial charge on any atom is -0.468 e. The van der Waals surface area contributed by atoms with Gasteiger partial charge in [-0.05, 0) is 33.0 Å². The molecule has 4 atom stereocenters. The average Bonchev–Trinajstić information content (AvgIpc) is 3.15. The van der Waals surface area contributed by atoms with Crippen LogP contribution in [0.15, 0.2) is 157 Å². The summed E-state index contributed by atoms with van der Waals surface area (Å²) in [5.74, 6) is 0.285. The molecule has 0 radical (unpaired) electrons. The number of hydrogen-bond donors (Lipinski definition) is 0.